The lowest BCUT2D eigenvalue weighted by Gasteiger charge is -2.06. The van der Waals surface area contributed by atoms with Crippen molar-refractivity contribution in [3.05, 3.63) is 40.9 Å². The summed E-state index contributed by atoms with van der Waals surface area (Å²) in [5, 5.41) is 11.6. The molecule has 2 N–H and O–H groups in total. The van der Waals surface area contributed by atoms with Crippen LogP contribution in [0.4, 0.5) is 0 Å². The highest BCUT2D eigenvalue weighted by Crippen LogP contribution is 2.20. The minimum Gasteiger partial charge on any atom is -0.476 e. The molecular weight excluding hydrogens is 274 g/mol. The number of carboxylic acid groups (broad SMARTS) is 1. The number of hydrogen-bond acceptors (Lipinski definition) is 4. The largest absolute Gasteiger partial charge is 0.476 e. The third-order valence-electron chi connectivity index (χ3n) is 3.30. The van der Waals surface area contributed by atoms with Gasteiger partial charge in [-0.25, -0.2) is 9.78 Å². The second-order valence-electron chi connectivity index (χ2n) is 4.77. The minimum atomic E-state index is -1.07. The molecule has 112 valence electrons. The Morgan fingerprint density at radius 3 is 2.57 bits per heavy atom. The minimum absolute atomic E-state index is 0.0153. The lowest BCUT2D eigenvalue weighted by molar-refractivity contribution is 0.0690. The topological polar surface area (TPSA) is 97.4 Å². The van der Waals surface area contributed by atoms with Crippen molar-refractivity contribution >= 4 is 11.9 Å². The summed E-state index contributed by atoms with van der Waals surface area (Å²) < 4.78 is 7.03. The number of imidazole rings is 1. The van der Waals surface area contributed by atoms with Crippen LogP contribution in [0.3, 0.4) is 0 Å². The van der Waals surface area contributed by atoms with E-state index < -0.39 is 5.97 Å². The number of aryl methyl sites for hydroxylation is 2. The molecule has 0 fully saturated rings. The summed E-state index contributed by atoms with van der Waals surface area (Å²) >= 11 is 0. The Bertz CT molecular complexity index is 684. The van der Waals surface area contributed by atoms with Crippen molar-refractivity contribution < 1.29 is 19.1 Å². The van der Waals surface area contributed by atoms with Crippen molar-refractivity contribution in [2.24, 2.45) is 0 Å². The van der Waals surface area contributed by atoms with Crippen LogP contribution in [-0.2, 0) is 6.54 Å². The van der Waals surface area contributed by atoms with E-state index in [9.17, 15) is 9.59 Å². The van der Waals surface area contributed by atoms with E-state index in [0.717, 1.165) is 11.3 Å². The zero-order valence-corrected chi connectivity index (χ0v) is 12.1. The first kappa shape index (κ1) is 14.8. The first-order valence-electron chi connectivity index (χ1n) is 6.50. The zero-order valence-electron chi connectivity index (χ0n) is 12.1. The van der Waals surface area contributed by atoms with Crippen molar-refractivity contribution in [1.82, 2.24) is 14.9 Å². The van der Waals surface area contributed by atoms with Gasteiger partial charge >= 0.3 is 5.97 Å². The summed E-state index contributed by atoms with van der Waals surface area (Å²) in [6.45, 7) is 6.23. The van der Waals surface area contributed by atoms with Gasteiger partial charge in [0.25, 0.3) is 5.91 Å². The second-order valence-corrected chi connectivity index (χ2v) is 4.77. The van der Waals surface area contributed by atoms with Crippen molar-refractivity contribution in [2.45, 2.75) is 27.3 Å². The predicted octanol–water partition coefficient (Wildman–Crippen LogP) is 1.53. The summed E-state index contributed by atoms with van der Waals surface area (Å²) in [6, 6.07) is 0. The first-order chi connectivity index (χ1) is 9.90. The number of nitrogens with one attached hydrogen (secondary N) is 1. The summed E-state index contributed by atoms with van der Waals surface area (Å²) in [5.41, 5.74) is 1.38. The van der Waals surface area contributed by atoms with Gasteiger partial charge in [0.2, 0.25) is 0 Å². The van der Waals surface area contributed by atoms with Gasteiger partial charge in [0.15, 0.2) is 5.69 Å². The Hall–Kier alpha value is -2.57. The van der Waals surface area contributed by atoms with Crippen LogP contribution in [0.5, 0.6) is 0 Å². The molecule has 0 aliphatic carbocycles. The molecule has 1 amide bonds. The van der Waals surface area contributed by atoms with E-state index in [0.29, 0.717) is 24.4 Å². The first-order valence-corrected chi connectivity index (χ1v) is 6.50. The van der Waals surface area contributed by atoms with Gasteiger partial charge in [0, 0.05) is 24.8 Å². The van der Waals surface area contributed by atoms with Crippen LogP contribution in [0.2, 0.25) is 0 Å². The molecule has 0 aliphatic rings. The van der Waals surface area contributed by atoms with Crippen molar-refractivity contribution in [3.8, 4) is 0 Å². The molecule has 0 atom stereocenters. The van der Waals surface area contributed by atoms with Crippen LogP contribution in [0.1, 0.15) is 37.9 Å². The highest BCUT2D eigenvalue weighted by molar-refractivity contribution is 5.96. The van der Waals surface area contributed by atoms with Crippen LogP contribution in [0.25, 0.3) is 0 Å². The maximum Gasteiger partial charge on any atom is 0.356 e. The quantitative estimate of drug-likeness (QED) is 0.870. The molecule has 7 nitrogen and oxygen atoms in total. The van der Waals surface area contributed by atoms with Gasteiger partial charge in [-0.2, -0.15) is 0 Å². The highest BCUT2D eigenvalue weighted by Gasteiger charge is 2.18. The number of aromatic nitrogens is 2. The molecule has 2 aromatic heterocycles. The Morgan fingerprint density at radius 2 is 2.05 bits per heavy atom. The van der Waals surface area contributed by atoms with Gasteiger partial charge in [-0.3, -0.25) is 4.79 Å². The molecule has 0 aliphatic heterocycles. The number of aromatic carboxylic acids is 1. The lowest BCUT2D eigenvalue weighted by Crippen LogP contribution is -2.27. The summed E-state index contributed by atoms with van der Waals surface area (Å²) in [5.74, 6) is 0.0648. The number of furan rings is 1. The smallest absolute Gasteiger partial charge is 0.356 e. The normalized spacial score (nSPS) is 10.6. The van der Waals surface area contributed by atoms with E-state index in [2.05, 4.69) is 10.3 Å². The van der Waals surface area contributed by atoms with Crippen LogP contribution < -0.4 is 5.32 Å². The van der Waals surface area contributed by atoms with Crippen molar-refractivity contribution in [3.63, 3.8) is 0 Å². The number of rotatable bonds is 5. The molecule has 7 heteroatoms. The molecule has 2 rings (SSSR count). The Balaban J connectivity index is 1.93. The molecule has 0 saturated carbocycles. The second kappa shape index (κ2) is 5.82. The van der Waals surface area contributed by atoms with Crippen LogP contribution >= 0.6 is 0 Å². The molecule has 0 aromatic carbocycles. The van der Waals surface area contributed by atoms with Crippen LogP contribution in [0, 0.1) is 20.8 Å². The molecule has 2 heterocycles. The van der Waals surface area contributed by atoms with E-state index in [4.69, 9.17) is 9.52 Å². The maximum atomic E-state index is 12.1. The van der Waals surface area contributed by atoms with Gasteiger partial charge in [0.05, 0.1) is 11.9 Å². The maximum absolute atomic E-state index is 12.1. The molecule has 0 bridgehead atoms. The SMILES string of the molecule is Cc1oc(C)c(C(=O)NCCn2cnc(C(=O)O)c2)c1C. The third kappa shape index (κ3) is 3.13. The average Bonchev–Trinajstić information content (AvgIpc) is 2.96. The lowest BCUT2D eigenvalue weighted by atomic mass is 10.1. The Kier molecular flexibility index (Phi) is 4.11. The molecule has 0 unspecified atom stereocenters. The third-order valence-corrected chi connectivity index (χ3v) is 3.30. The van der Waals surface area contributed by atoms with Crippen LogP contribution in [-0.4, -0.2) is 33.1 Å². The zero-order chi connectivity index (χ0) is 15.6. The number of carboxylic acids is 1. The fourth-order valence-corrected chi connectivity index (χ4v) is 2.11. The highest BCUT2D eigenvalue weighted by atomic mass is 16.4. The fourth-order valence-electron chi connectivity index (χ4n) is 2.11. The van der Waals surface area contributed by atoms with Gasteiger partial charge in [-0.05, 0) is 20.8 Å². The van der Waals surface area contributed by atoms with Crippen molar-refractivity contribution in [1.29, 1.82) is 0 Å². The molecule has 21 heavy (non-hydrogen) atoms. The summed E-state index contributed by atoms with van der Waals surface area (Å²) in [6.07, 6.45) is 2.85. The molecule has 0 spiro atoms. The number of hydrogen-bond donors (Lipinski definition) is 2. The molecule has 2 aromatic rings. The number of carbonyl (C=O) groups is 2. The predicted molar refractivity (Wildman–Crippen MR) is 74.4 cm³/mol. The van der Waals surface area contributed by atoms with E-state index >= 15 is 0 Å². The summed E-state index contributed by atoms with van der Waals surface area (Å²) in [4.78, 5) is 26.6. The van der Waals surface area contributed by atoms with E-state index in [1.54, 1.807) is 11.5 Å². The van der Waals surface area contributed by atoms with Gasteiger partial charge in [0.1, 0.15) is 11.5 Å². The Morgan fingerprint density at radius 1 is 1.33 bits per heavy atom. The monoisotopic (exact) mass is 291 g/mol. The van der Waals surface area contributed by atoms with E-state index in [-0.39, 0.29) is 11.6 Å². The van der Waals surface area contributed by atoms with Crippen molar-refractivity contribution in [2.75, 3.05) is 6.54 Å². The van der Waals surface area contributed by atoms with Crippen LogP contribution in [0.15, 0.2) is 16.9 Å². The fraction of sp³-hybridized carbons (Fsp3) is 0.357. The average molecular weight is 291 g/mol. The molecule has 0 radical (unpaired) electrons. The number of amides is 1. The Labute approximate surface area is 121 Å². The van der Waals surface area contributed by atoms with Gasteiger partial charge < -0.3 is 19.4 Å². The number of carbonyl (C=O) groups excluding carboxylic acids is 1. The standard InChI is InChI=1S/C14H17N3O4/c1-8-9(2)21-10(3)12(8)13(18)15-4-5-17-6-11(14(19)20)16-7-17/h6-7H,4-5H2,1-3H3,(H,15,18)(H,19,20). The van der Waals surface area contributed by atoms with E-state index in [1.165, 1.54) is 12.5 Å². The van der Waals surface area contributed by atoms with Gasteiger partial charge in [-0.1, -0.05) is 0 Å². The molecular formula is C14H17N3O4. The van der Waals surface area contributed by atoms with Gasteiger partial charge in [-0.15, -0.1) is 0 Å². The number of nitrogens with zero attached hydrogens (tertiary/aromatic N) is 2. The molecule has 0 saturated heterocycles. The summed E-state index contributed by atoms with van der Waals surface area (Å²) in [7, 11) is 0. The van der Waals surface area contributed by atoms with E-state index in [1.807, 2.05) is 13.8 Å².